The van der Waals surface area contributed by atoms with E-state index in [-0.39, 0.29) is 65.2 Å². The van der Waals surface area contributed by atoms with Crippen LogP contribution >= 0.6 is 40.5 Å². The molecular weight excluding hydrogens is 446 g/mol. The fourth-order valence-electron chi connectivity index (χ4n) is 2.81. The minimum atomic E-state index is -0.859. The van der Waals surface area contributed by atoms with Crippen LogP contribution in [0.25, 0.3) is 0 Å². The molecule has 0 bridgehead atoms. The molecule has 1 amide bonds. The molecular formula is C19H27N3O5S3. The largest absolute Gasteiger partial charge is 0.464 e. The number of benzene rings is 1. The topological polar surface area (TPSA) is 114 Å². The summed E-state index contributed by atoms with van der Waals surface area (Å²) in [5.41, 5.74) is 1.39. The third-order valence-electron chi connectivity index (χ3n) is 4.21. The SMILES string of the molecule is CCOC(=O)[C@H]1O[C@@H]1C(=O)C[C@@H](Cc1cnc[nH]1)C(=O)Nc1ccccc1.S.S.S. The van der Waals surface area contributed by atoms with Crippen LogP contribution in [0.15, 0.2) is 42.9 Å². The number of carbonyl (C=O) groups is 3. The fraction of sp³-hybridized carbons (Fsp3) is 0.368. The van der Waals surface area contributed by atoms with Gasteiger partial charge in [0, 0.05) is 30.4 Å². The summed E-state index contributed by atoms with van der Waals surface area (Å²) >= 11 is 0. The zero-order valence-electron chi connectivity index (χ0n) is 16.4. The number of H-pyrrole nitrogens is 1. The summed E-state index contributed by atoms with van der Waals surface area (Å²) in [6, 6.07) is 9.02. The molecule has 1 aliphatic rings. The van der Waals surface area contributed by atoms with E-state index in [1.165, 1.54) is 6.33 Å². The van der Waals surface area contributed by atoms with Gasteiger partial charge in [-0.2, -0.15) is 40.5 Å². The lowest BCUT2D eigenvalue weighted by atomic mass is 9.94. The van der Waals surface area contributed by atoms with Crippen molar-refractivity contribution in [1.29, 1.82) is 0 Å². The van der Waals surface area contributed by atoms with Crippen LogP contribution in [0.4, 0.5) is 5.69 Å². The molecule has 0 spiro atoms. The zero-order valence-corrected chi connectivity index (χ0v) is 19.4. The number of ketones is 1. The van der Waals surface area contributed by atoms with Gasteiger partial charge in [-0.05, 0) is 19.1 Å². The highest BCUT2D eigenvalue weighted by molar-refractivity contribution is 7.59. The van der Waals surface area contributed by atoms with E-state index in [1.807, 2.05) is 18.2 Å². The number of imidazole rings is 1. The van der Waals surface area contributed by atoms with Crippen LogP contribution in [-0.4, -0.2) is 46.4 Å². The molecule has 1 saturated heterocycles. The molecule has 1 aromatic heterocycles. The van der Waals surface area contributed by atoms with E-state index in [0.29, 0.717) is 12.1 Å². The molecule has 0 aliphatic carbocycles. The van der Waals surface area contributed by atoms with Crippen molar-refractivity contribution in [3.05, 3.63) is 48.5 Å². The Morgan fingerprint density at radius 3 is 2.47 bits per heavy atom. The molecule has 3 rings (SSSR count). The van der Waals surface area contributed by atoms with Gasteiger partial charge >= 0.3 is 5.97 Å². The van der Waals surface area contributed by atoms with E-state index in [0.717, 1.165) is 5.69 Å². The maximum atomic E-state index is 12.7. The second kappa shape index (κ2) is 13.4. The number of rotatable bonds is 9. The van der Waals surface area contributed by atoms with Crippen LogP contribution in [0.1, 0.15) is 19.0 Å². The van der Waals surface area contributed by atoms with Crippen molar-refractivity contribution in [2.24, 2.45) is 5.92 Å². The fourth-order valence-corrected chi connectivity index (χ4v) is 2.81. The summed E-state index contributed by atoms with van der Waals surface area (Å²) in [5.74, 6) is -1.74. The number of amides is 1. The minimum Gasteiger partial charge on any atom is -0.464 e. The Labute approximate surface area is 195 Å². The zero-order chi connectivity index (χ0) is 19.2. The predicted molar refractivity (Wildman–Crippen MR) is 127 cm³/mol. The van der Waals surface area contributed by atoms with Gasteiger partial charge in [0.2, 0.25) is 5.91 Å². The summed E-state index contributed by atoms with van der Waals surface area (Å²) in [7, 11) is 0. The van der Waals surface area contributed by atoms with Gasteiger partial charge in [0.05, 0.1) is 18.9 Å². The number of para-hydroxylation sites is 1. The molecule has 2 N–H and O–H groups in total. The molecule has 1 aliphatic heterocycles. The Bertz CT molecular complexity index is 805. The summed E-state index contributed by atoms with van der Waals surface area (Å²) in [6.45, 7) is 1.91. The van der Waals surface area contributed by atoms with Crippen LogP contribution < -0.4 is 5.32 Å². The minimum absolute atomic E-state index is 0. The van der Waals surface area contributed by atoms with Gasteiger partial charge in [-0.3, -0.25) is 9.59 Å². The first-order chi connectivity index (χ1) is 13.1. The lowest BCUT2D eigenvalue weighted by molar-refractivity contribution is -0.144. The average molecular weight is 474 g/mol. The highest BCUT2D eigenvalue weighted by atomic mass is 32.1. The number of hydrogen-bond donors (Lipinski definition) is 2. The number of ether oxygens (including phenoxy) is 2. The first-order valence-electron chi connectivity index (χ1n) is 8.76. The first kappa shape index (κ1) is 28.1. The molecule has 0 radical (unpaired) electrons. The van der Waals surface area contributed by atoms with Crippen molar-refractivity contribution in [3.8, 4) is 0 Å². The van der Waals surface area contributed by atoms with Gasteiger partial charge in [-0.1, -0.05) is 18.2 Å². The van der Waals surface area contributed by atoms with Crippen molar-refractivity contribution in [2.75, 3.05) is 11.9 Å². The third-order valence-corrected chi connectivity index (χ3v) is 4.21. The number of nitrogens with zero attached hydrogens (tertiary/aromatic N) is 1. The van der Waals surface area contributed by atoms with Gasteiger partial charge < -0.3 is 19.8 Å². The second-order valence-electron chi connectivity index (χ2n) is 6.23. The van der Waals surface area contributed by atoms with Gasteiger partial charge in [0.1, 0.15) is 0 Å². The summed E-state index contributed by atoms with van der Waals surface area (Å²) in [6.07, 6.45) is 1.71. The number of aromatic nitrogens is 2. The Hall–Kier alpha value is -1.95. The van der Waals surface area contributed by atoms with Gasteiger partial charge in [0.25, 0.3) is 0 Å². The maximum Gasteiger partial charge on any atom is 0.338 e. The number of nitrogens with one attached hydrogen (secondary N) is 2. The second-order valence-corrected chi connectivity index (χ2v) is 6.23. The highest BCUT2D eigenvalue weighted by Gasteiger charge is 2.51. The number of anilines is 1. The molecule has 3 atom stereocenters. The number of hydrogen-bond acceptors (Lipinski definition) is 6. The highest BCUT2D eigenvalue weighted by Crippen LogP contribution is 2.28. The maximum absolute atomic E-state index is 12.7. The van der Waals surface area contributed by atoms with E-state index in [4.69, 9.17) is 9.47 Å². The lowest BCUT2D eigenvalue weighted by Gasteiger charge is -2.15. The number of esters is 1. The lowest BCUT2D eigenvalue weighted by Crippen LogP contribution is -2.29. The average Bonchev–Trinajstić information content (AvgIpc) is 3.31. The van der Waals surface area contributed by atoms with Crippen LogP contribution in [0.3, 0.4) is 0 Å². The van der Waals surface area contributed by atoms with Crippen molar-refractivity contribution in [1.82, 2.24) is 9.97 Å². The number of aromatic amines is 1. The van der Waals surface area contributed by atoms with Crippen molar-refractivity contribution >= 4 is 63.8 Å². The van der Waals surface area contributed by atoms with E-state index in [2.05, 4.69) is 15.3 Å². The molecule has 1 fully saturated rings. The third kappa shape index (κ3) is 7.71. The Morgan fingerprint density at radius 1 is 1.17 bits per heavy atom. The molecule has 166 valence electrons. The molecule has 0 unspecified atom stereocenters. The smallest absolute Gasteiger partial charge is 0.338 e. The molecule has 1 aromatic carbocycles. The van der Waals surface area contributed by atoms with Gasteiger partial charge in [-0.15, -0.1) is 0 Å². The van der Waals surface area contributed by atoms with E-state index >= 15 is 0 Å². The number of carbonyl (C=O) groups excluding carboxylic acids is 3. The summed E-state index contributed by atoms with van der Waals surface area (Å²) < 4.78 is 10.0. The van der Waals surface area contributed by atoms with Crippen LogP contribution in [0, 0.1) is 5.92 Å². The molecule has 0 saturated carbocycles. The van der Waals surface area contributed by atoms with Crippen LogP contribution in [-0.2, 0) is 30.3 Å². The molecule has 30 heavy (non-hydrogen) atoms. The van der Waals surface area contributed by atoms with E-state index in [9.17, 15) is 14.4 Å². The Balaban J connectivity index is 0.00000280. The van der Waals surface area contributed by atoms with E-state index < -0.39 is 24.1 Å². The Morgan fingerprint density at radius 2 is 1.87 bits per heavy atom. The summed E-state index contributed by atoms with van der Waals surface area (Å²) in [4.78, 5) is 43.7. The predicted octanol–water partition coefficient (Wildman–Crippen LogP) is 1.84. The normalized spacial score (nSPS) is 17.2. The Kier molecular flexibility index (Phi) is 12.5. The van der Waals surface area contributed by atoms with Gasteiger partial charge in [0.15, 0.2) is 18.0 Å². The van der Waals surface area contributed by atoms with Crippen LogP contribution in [0.2, 0.25) is 0 Å². The molecule has 8 nitrogen and oxygen atoms in total. The quantitative estimate of drug-likeness (QED) is 0.424. The number of Topliss-reactive ketones (excluding diaryl/α,β-unsaturated/α-hetero) is 1. The monoisotopic (exact) mass is 473 g/mol. The van der Waals surface area contributed by atoms with Gasteiger partial charge in [-0.25, -0.2) is 9.78 Å². The molecule has 2 heterocycles. The van der Waals surface area contributed by atoms with E-state index in [1.54, 1.807) is 25.3 Å². The molecule has 2 aromatic rings. The number of epoxide rings is 1. The van der Waals surface area contributed by atoms with Crippen molar-refractivity contribution < 1.29 is 23.9 Å². The first-order valence-corrected chi connectivity index (χ1v) is 8.76. The molecule has 11 heteroatoms. The van der Waals surface area contributed by atoms with Crippen molar-refractivity contribution in [2.45, 2.75) is 32.0 Å². The summed E-state index contributed by atoms with van der Waals surface area (Å²) in [5, 5.41) is 2.82. The standard InChI is InChI=1S/C19H21N3O5.3H2S/c1-2-26-19(25)17-16(27-17)15(23)9-12(8-14-10-20-11-21-14)18(24)22-13-6-4-3-5-7-13;;;/h3-7,10-12,16-17H,2,8-9H2,1H3,(H,20,21)(H,22,24);3*1H2/t12-,16-,17+;;;/m1.../s1. The van der Waals surface area contributed by atoms with Crippen molar-refractivity contribution in [3.63, 3.8) is 0 Å². The van der Waals surface area contributed by atoms with Crippen LogP contribution in [0.5, 0.6) is 0 Å².